The predicted octanol–water partition coefficient (Wildman–Crippen LogP) is 5.66. The van der Waals surface area contributed by atoms with E-state index in [-0.39, 0.29) is 11.2 Å². The molecule has 0 radical (unpaired) electrons. The van der Waals surface area contributed by atoms with Gasteiger partial charge in [-0.2, -0.15) is 4.98 Å². The Hall–Kier alpha value is -3.32. The second kappa shape index (κ2) is 8.47. The molecule has 0 saturated heterocycles. The summed E-state index contributed by atoms with van der Waals surface area (Å²) in [5.41, 5.74) is 3.18. The van der Waals surface area contributed by atoms with E-state index in [1.165, 1.54) is 0 Å². The summed E-state index contributed by atoms with van der Waals surface area (Å²) in [6, 6.07) is 12.8. The molecule has 2 aromatic carbocycles. The number of rotatable bonds is 5. The monoisotopic (exact) mass is 478 g/mol. The molecule has 34 heavy (non-hydrogen) atoms. The van der Waals surface area contributed by atoms with Crippen molar-refractivity contribution in [3.05, 3.63) is 64.3 Å². The van der Waals surface area contributed by atoms with Crippen molar-refractivity contribution in [1.29, 1.82) is 0 Å². The molecule has 1 aliphatic carbocycles. The van der Waals surface area contributed by atoms with Gasteiger partial charge in [0.2, 0.25) is 5.95 Å². The molecule has 2 heterocycles. The summed E-state index contributed by atoms with van der Waals surface area (Å²) in [6.45, 7) is 6.69. The van der Waals surface area contributed by atoms with Gasteiger partial charge in [-0.15, -0.1) is 5.10 Å². The van der Waals surface area contributed by atoms with E-state index in [0.29, 0.717) is 41.3 Å². The van der Waals surface area contributed by atoms with E-state index < -0.39 is 6.04 Å². The van der Waals surface area contributed by atoms with Gasteiger partial charge in [-0.3, -0.25) is 4.79 Å². The zero-order chi connectivity index (χ0) is 24.0. The molecule has 5 rings (SSSR count). The molecule has 1 atom stereocenters. The fraction of sp³-hybridized carbons (Fsp3) is 0.346. The minimum Gasteiger partial charge on any atom is -0.493 e. The number of allylic oxidation sites excluding steroid dienone is 2. The maximum Gasteiger partial charge on any atom is 0.226 e. The SMILES string of the molecule is CCOc1ccc(C2C3=C(CC(C)(C)CC3=O)Nc3nc(-c4cccc(Cl)c4)nn32)cc1OC. The highest BCUT2D eigenvalue weighted by atomic mass is 35.5. The number of hydrogen-bond donors (Lipinski definition) is 1. The van der Waals surface area contributed by atoms with E-state index >= 15 is 0 Å². The first-order chi connectivity index (χ1) is 16.3. The summed E-state index contributed by atoms with van der Waals surface area (Å²) in [5.74, 6) is 2.52. The number of carbonyl (C=O) groups is 1. The smallest absolute Gasteiger partial charge is 0.226 e. The molecule has 0 saturated carbocycles. The number of Topliss-reactive ketones (excluding diaryl/α,β-unsaturated/α-hetero) is 1. The van der Waals surface area contributed by atoms with Crippen molar-refractivity contribution >= 4 is 23.3 Å². The van der Waals surface area contributed by atoms with E-state index in [1.807, 2.05) is 49.4 Å². The van der Waals surface area contributed by atoms with Crippen LogP contribution < -0.4 is 14.8 Å². The molecule has 1 aliphatic heterocycles. The summed E-state index contributed by atoms with van der Waals surface area (Å²) in [4.78, 5) is 18.2. The van der Waals surface area contributed by atoms with Crippen LogP contribution in [0.25, 0.3) is 11.4 Å². The Morgan fingerprint density at radius 3 is 2.74 bits per heavy atom. The average molecular weight is 479 g/mol. The third-order valence-corrected chi connectivity index (χ3v) is 6.45. The molecule has 0 bridgehead atoms. The van der Waals surface area contributed by atoms with Gasteiger partial charge >= 0.3 is 0 Å². The first-order valence-corrected chi connectivity index (χ1v) is 11.7. The number of hydrogen-bond acceptors (Lipinski definition) is 6. The molecular weight excluding hydrogens is 452 g/mol. The Bertz CT molecular complexity index is 1310. The van der Waals surface area contributed by atoms with Gasteiger partial charge in [0.15, 0.2) is 23.1 Å². The molecule has 176 valence electrons. The molecule has 1 N–H and O–H groups in total. The number of anilines is 1. The van der Waals surface area contributed by atoms with Crippen molar-refractivity contribution < 1.29 is 14.3 Å². The van der Waals surface area contributed by atoms with Gasteiger partial charge in [-0.25, -0.2) is 4.68 Å². The Labute approximate surface area is 203 Å². The van der Waals surface area contributed by atoms with Crippen LogP contribution in [0.3, 0.4) is 0 Å². The quantitative estimate of drug-likeness (QED) is 0.509. The van der Waals surface area contributed by atoms with Crippen LogP contribution in [0.15, 0.2) is 53.7 Å². The third kappa shape index (κ3) is 3.94. The van der Waals surface area contributed by atoms with Crippen molar-refractivity contribution in [2.75, 3.05) is 19.0 Å². The van der Waals surface area contributed by atoms with Crippen LogP contribution >= 0.6 is 11.6 Å². The van der Waals surface area contributed by atoms with E-state index in [4.69, 9.17) is 31.2 Å². The minimum atomic E-state index is -0.431. The van der Waals surface area contributed by atoms with Gasteiger partial charge in [0.25, 0.3) is 0 Å². The molecule has 0 amide bonds. The van der Waals surface area contributed by atoms with E-state index in [2.05, 4.69) is 19.2 Å². The van der Waals surface area contributed by atoms with Crippen LogP contribution in [-0.2, 0) is 4.79 Å². The van der Waals surface area contributed by atoms with Crippen molar-refractivity contribution in [3.8, 4) is 22.9 Å². The summed E-state index contributed by atoms with van der Waals surface area (Å²) in [5, 5.41) is 8.84. The fourth-order valence-electron chi connectivity index (χ4n) is 4.80. The summed E-state index contributed by atoms with van der Waals surface area (Å²) in [6.07, 6.45) is 1.22. The van der Waals surface area contributed by atoms with Gasteiger partial charge < -0.3 is 14.8 Å². The lowest BCUT2D eigenvalue weighted by Crippen LogP contribution is -2.36. The number of nitrogens with one attached hydrogen (secondary N) is 1. The lowest BCUT2D eigenvalue weighted by molar-refractivity contribution is -0.118. The molecule has 0 fully saturated rings. The highest BCUT2D eigenvalue weighted by Gasteiger charge is 2.42. The lowest BCUT2D eigenvalue weighted by Gasteiger charge is -2.38. The van der Waals surface area contributed by atoms with Crippen LogP contribution in [0.5, 0.6) is 11.5 Å². The summed E-state index contributed by atoms with van der Waals surface area (Å²) >= 11 is 6.21. The topological polar surface area (TPSA) is 78.3 Å². The zero-order valence-corrected chi connectivity index (χ0v) is 20.4. The van der Waals surface area contributed by atoms with Crippen LogP contribution in [0.2, 0.25) is 5.02 Å². The molecule has 1 unspecified atom stereocenters. The first-order valence-electron chi connectivity index (χ1n) is 11.4. The number of methoxy groups -OCH3 is 1. The van der Waals surface area contributed by atoms with Gasteiger partial charge in [-0.05, 0) is 48.6 Å². The largest absolute Gasteiger partial charge is 0.493 e. The molecule has 8 heteroatoms. The van der Waals surface area contributed by atoms with Crippen LogP contribution in [-0.4, -0.2) is 34.3 Å². The minimum absolute atomic E-state index is 0.113. The van der Waals surface area contributed by atoms with Gasteiger partial charge in [0.05, 0.1) is 13.7 Å². The van der Waals surface area contributed by atoms with Crippen molar-refractivity contribution in [2.24, 2.45) is 5.41 Å². The summed E-state index contributed by atoms with van der Waals surface area (Å²) in [7, 11) is 1.61. The number of ketones is 1. The Morgan fingerprint density at radius 1 is 1.18 bits per heavy atom. The van der Waals surface area contributed by atoms with E-state index in [9.17, 15) is 4.79 Å². The second-order valence-electron chi connectivity index (χ2n) is 9.42. The zero-order valence-electron chi connectivity index (χ0n) is 19.7. The number of carbonyl (C=O) groups excluding carboxylic acids is 1. The number of ether oxygens (including phenoxy) is 2. The highest BCUT2D eigenvalue weighted by molar-refractivity contribution is 6.30. The number of nitrogens with zero attached hydrogens (tertiary/aromatic N) is 3. The normalized spacial score (nSPS) is 18.7. The van der Waals surface area contributed by atoms with E-state index in [0.717, 1.165) is 28.8 Å². The molecule has 3 aromatic rings. The Morgan fingerprint density at radius 2 is 2.00 bits per heavy atom. The number of benzene rings is 2. The van der Waals surface area contributed by atoms with Crippen molar-refractivity contribution in [3.63, 3.8) is 0 Å². The second-order valence-corrected chi connectivity index (χ2v) is 9.85. The number of fused-ring (bicyclic) bond motifs is 1. The maximum atomic E-state index is 13.5. The molecule has 0 spiro atoms. The van der Waals surface area contributed by atoms with Gasteiger partial charge in [0.1, 0.15) is 6.04 Å². The molecule has 2 aliphatic rings. The fourth-order valence-corrected chi connectivity index (χ4v) is 4.99. The predicted molar refractivity (Wildman–Crippen MR) is 131 cm³/mol. The number of halogens is 1. The summed E-state index contributed by atoms with van der Waals surface area (Å²) < 4.78 is 13.1. The maximum absolute atomic E-state index is 13.5. The highest BCUT2D eigenvalue weighted by Crippen LogP contribution is 2.46. The standard InChI is InChI=1S/C26H27ClN4O3/c1-5-34-20-10-9-15(12-21(20)33-4)23-22-18(13-26(2,3)14-19(22)32)28-25-29-24(30-31(23)25)16-7-6-8-17(27)11-16/h6-12,23H,5,13-14H2,1-4H3,(H,28,29,30). The van der Waals surface area contributed by atoms with Crippen LogP contribution in [0, 0.1) is 5.41 Å². The van der Waals surface area contributed by atoms with Crippen molar-refractivity contribution in [2.45, 2.75) is 39.7 Å². The van der Waals surface area contributed by atoms with E-state index in [1.54, 1.807) is 11.8 Å². The van der Waals surface area contributed by atoms with Gasteiger partial charge in [0, 0.05) is 28.3 Å². The lowest BCUT2D eigenvalue weighted by atomic mass is 9.73. The molecular formula is C26H27ClN4O3. The third-order valence-electron chi connectivity index (χ3n) is 6.22. The number of aromatic nitrogens is 3. The Kier molecular flexibility index (Phi) is 5.60. The van der Waals surface area contributed by atoms with Crippen LogP contribution in [0.1, 0.15) is 45.2 Å². The molecule has 7 nitrogen and oxygen atoms in total. The average Bonchev–Trinajstić information content (AvgIpc) is 3.21. The van der Waals surface area contributed by atoms with Gasteiger partial charge in [-0.1, -0.05) is 43.6 Å². The van der Waals surface area contributed by atoms with Crippen molar-refractivity contribution in [1.82, 2.24) is 14.8 Å². The molecule has 1 aromatic heterocycles. The first kappa shape index (κ1) is 22.5. The Balaban J connectivity index is 1.68. The van der Waals surface area contributed by atoms with Crippen LogP contribution in [0.4, 0.5) is 5.95 Å².